The van der Waals surface area contributed by atoms with Gasteiger partial charge in [0.2, 0.25) is 11.7 Å². The van der Waals surface area contributed by atoms with Crippen molar-refractivity contribution in [2.75, 3.05) is 11.5 Å². The Morgan fingerprint density at radius 2 is 2.23 bits per heavy atom. The Kier molecular flexibility index (Phi) is 5.56. The predicted molar refractivity (Wildman–Crippen MR) is 96.1 cm³/mol. The summed E-state index contributed by atoms with van der Waals surface area (Å²) >= 11 is 6.39. The molecule has 3 rings (SSSR count). The van der Waals surface area contributed by atoms with E-state index in [1.807, 2.05) is 11.0 Å². The largest absolute Gasteiger partial charge is 0.459 e. The van der Waals surface area contributed by atoms with Crippen LogP contribution in [0.1, 0.15) is 50.2 Å². The average Bonchev–Trinajstić information content (AvgIpc) is 3.23. The zero-order valence-electron chi connectivity index (χ0n) is 14.7. The number of aromatic nitrogens is 2. The molecule has 26 heavy (non-hydrogen) atoms. The van der Waals surface area contributed by atoms with E-state index in [1.54, 1.807) is 19.1 Å². The molecule has 0 spiro atoms. The summed E-state index contributed by atoms with van der Waals surface area (Å²) in [5.41, 5.74) is 1.28. The summed E-state index contributed by atoms with van der Waals surface area (Å²) in [6.07, 6.45) is 3.39. The van der Waals surface area contributed by atoms with E-state index < -0.39 is 5.97 Å². The van der Waals surface area contributed by atoms with Gasteiger partial charge in [-0.1, -0.05) is 30.1 Å². The van der Waals surface area contributed by atoms with Crippen LogP contribution in [0.3, 0.4) is 0 Å². The molecule has 0 bridgehead atoms. The zero-order valence-corrected chi connectivity index (χ0v) is 15.5. The molecule has 1 saturated heterocycles. The second kappa shape index (κ2) is 7.86. The number of benzene rings is 1. The van der Waals surface area contributed by atoms with Gasteiger partial charge in [0.1, 0.15) is 0 Å². The van der Waals surface area contributed by atoms with Gasteiger partial charge in [-0.05, 0) is 38.0 Å². The van der Waals surface area contributed by atoms with Gasteiger partial charge in [-0.2, -0.15) is 4.98 Å². The maximum absolute atomic E-state index is 12.3. The Labute approximate surface area is 156 Å². The second-order valence-corrected chi connectivity index (χ2v) is 6.46. The minimum absolute atomic E-state index is 0.108. The Balaban J connectivity index is 1.86. The monoisotopic (exact) mass is 377 g/mol. The summed E-state index contributed by atoms with van der Waals surface area (Å²) in [6.45, 7) is 4.01. The van der Waals surface area contributed by atoms with E-state index in [4.69, 9.17) is 20.9 Å². The van der Waals surface area contributed by atoms with Gasteiger partial charge >= 0.3 is 11.9 Å². The highest BCUT2D eigenvalue weighted by atomic mass is 35.5. The maximum atomic E-state index is 12.3. The molecule has 2 heterocycles. The summed E-state index contributed by atoms with van der Waals surface area (Å²) in [4.78, 5) is 29.7. The Hall–Kier alpha value is -2.41. The van der Waals surface area contributed by atoms with Gasteiger partial charge < -0.3 is 14.2 Å². The number of amides is 1. The van der Waals surface area contributed by atoms with Crippen LogP contribution in [-0.2, 0) is 9.53 Å². The normalized spacial score (nSPS) is 17.0. The molecular formula is C18H20ClN3O4. The van der Waals surface area contributed by atoms with Crippen molar-refractivity contribution < 1.29 is 18.8 Å². The van der Waals surface area contributed by atoms with Gasteiger partial charge in [-0.3, -0.25) is 4.79 Å². The van der Waals surface area contributed by atoms with Crippen molar-refractivity contribution in [2.45, 2.75) is 45.6 Å². The lowest BCUT2D eigenvalue weighted by Crippen LogP contribution is -2.32. The molecule has 1 atom stereocenters. The van der Waals surface area contributed by atoms with E-state index >= 15 is 0 Å². The molecule has 7 nitrogen and oxygen atoms in total. The van der Waals surface area contributed by atoms with Gasteiger partial charge in [-0.25, -0.2) is 4.79 Å². The zero-order chi connectivity index (χ0) is 18.7. The van der Waals surface area contributed by atoms with E-state index in [0.29, 0.717) is 17.0 Å². The molecule has 1 aliphatic heterocycles. The Bertz CT molecular complexity index is 821. The Morgan fingerprint density at radius 1 is 1.42 bits per heavy atom. The average molecular weight is 378 g/mol. The number of hydrogen-bond donors (Lipinski definition) is 0. The van der Waals surface area contributed by atoms with Gasteiger partial charge in [0, 0.05) is 23.7 Å². The van der Waals surface area contributed by atoms with Crippen LogP contribution in [0, 0.1) is 0 Å². The molecule has 1 amide bonds. The van der Waals surface area contributed by atoms with Crippen LogP contribution in [-0.4, -0.2) is 34.7 Å². The fourth-order valence-corrected chi connectivity index (χ4v) is 3.41. The van der Waals surface area contributed by atoms with E-state index in [-0.39, 0.29) is 30.3 Å². The highest BCUT2D eigenvalue weighted by Gasteiger charge is 2.31. The summed E-state index contributed by atoms with van der Waals surface area (Å²) in [5.74, 6) is -0.595. The standard InChI is InChI=1S/C18H20ClN3O4/c1-3-5-11-7-9-15(23)22(11)12-6-8-13(14(19)10-12)16-20-17(26-21-16)18(24)25-4-2/h6,8,10-11H,3-5,7,9H2,1-2H3. The molecular weight excluding hydrogens is 358 g/mol. The number of ether oxygens (including phenoxy) is 1. The van der Waals surface area contributed by atoms with E-state index in [1.165, 1.54) is 0 Å². The predicted octanol–water partition coefficient (Wildman–Crippen LogP) is 3.86. The lowest BCUT2D eigenvalue weighted by atomic mass is 10.1. The molecule has 0 radical (unpaired) electrons. The lowest BCUT2D eigenvalue weighted by Gasteiger charge is -2.25. The topological polar surface area (TPSA) is 85.5 Å². The van der Waals surface area contributed by atoms with Crippen molar-refractivity contribution in [1.29, 1.82) is 0 Å². The maximum Gasteiger partial charge on any atom is 0.397 e. The first kappa shape index (κ1) is 18.4. The Morgan fingerprint density at radius 3 is 2.92 bits per heavy atom. The van der Waals surface area contributed by atoms with Crippen molar-refractivity contribution in [2.24, 2.45) is 0 Å². The fourth-order valence-electron chi connectivity index (χ4n) is 3.15. The molecule has 0 saturated carbocycles. The van der Waals surface area contributed by atoms with E-state index in [9.17, 15) is 9.59 Å². The van der Waals surface area contributed by atoms with Crippen molar-refractivity contribution in [3.8, 4) is 11.4 Å². The fraction of sp³-hybridized carbons (Fsp3) is 0.444. The number of halogens is 1. The number of carbonyl (C=O) groups excluding carboxylic acids is 2. The number of nitrogens with zero attached hydrogens (tertiary/aromatic N) is 3. The molecule has 1 fully saturated rings. The quantitative estimate of drug-likeness (QED) is 0.710. The summed E-state index contributed by atoms with van der Waals surface area (Å²) in [7, 11) is 0. The smallest absolute Gasteiger partial charge is 0.397 e. The highest BCUT2D eigenvalue weighted by Crippen LogP contribution is 2.34. The third kappa shape index (κ3) is 3.58. The first-order chi connectivity index (χ1) is 12.5. The number of hydrogen-bond acceptors (Lipinski definition) is 6. The minimum atomic E-state index is -0.677. The minimum Gasteiger partial charge on any atom is -0.459 e. The SMILES string of the molecule is CCCC1CCC(=O)N1c1ccc(-c2noc(C(=O)OCC)n2)c(Cl)c1. The van der Waals surface area contributed by atoms with Crippen molar-refractivity contribution in [1.82, 2.24) is 10.1 Å². The van der Waals surface area contributed by atoms with Crippen molar-refractivity contribution in [3.05, 3.63) is 29.1 Å². The van der Waals surface area contributed by atoms with E-state index in [0.717, 1.165) is 24.9 Å². The summed E-state index contributed by atoms with van der Waals surface area (Å²) in [6, 6.07) is 5.47. The molecule has 1 aromatic heterocycles. The number of carbonyl (C=O) groups is 2. The third-order valence-electron chi connectivity index (χ3n) is 4.29. The van der Waals surface area contributed by atoms with Crippen LogP contribution >= 0.6 is 11.6 Å². The van der Waals surface area contributed by atoms with Gasteiger partial charge in [-0.15, -0.1) is 0 Å². The van der Waals surface area contributed by atoms with Crippen LogP contribution in [0.2, 0.25) is 5.02 Å². The second-order valence-electron chi connectivity index (χ2n) is 6.05. The number of esters is 1. The molecule has 0 N–H and O–H groups in total. The molecule has 138 valence electrons. The molecule has 1 aromatic carbocycles. The number of anilines is 1. The lowest BCUT2D eigenvalue weighted by molar-refractivity contribution is -0.117. The summed E-state index contributed by atoms with van der Waals surface area (Å²) < 4.78 is 9.75. The van der Waals surface area contributed by atoms with Gasteiger partial charge in [0.15, 0.2) is 0 Å². The van der Waals surface area contributed by atoms with Gasteiger partial charge in [0.25, 0.3) is 0 Å². The van der Waals surface area contributed by atoms with E-state index in [2.05, 4.69) is 17.1 Å². The molecule has 0 aliphatic carbocycles. The van der Waals surface area contributed by atoms with Crippen LogP contribution in [0.5, 0.6) is 0 Å². The highest BCUT2D eigenvalue weighted by molar-refractivity contribution is 6.33. The van der Waals surface area contributed by atoms with Gasteiger partial charge in [0.05, 0.1) is 11.6 Å². The van der Waals surface area contributed by atoms with Crippen LogP contribution in [0.15, 0.2) is 22.7 Å². The molecule has 8 heteroatoms. The molecule has 1 unspecified atom stereocenters. The van der Waals surface area contributed by atoms with Crippen LogP contribution in [0.25, 0.3) is 11.4 Å². The molecule has 1 aliphatic rings. The van der Waals surface area contributed by atoms with Crippen molar-refractivity contribution >= 4 is 29.2 Å². The van der Waals surface area contributed by atoms with Crippen LogP contribution < -0.4 is 4.90 Å². The third-order valence-corrected chi connectivity index (χ3v) is 4.61. The number of rotatable bonds is 6. The van der Waals surface area contributed by atoms with Crippen LogP contribution in [0.4, 0.5) is 5.69 Å². The van der Waals surface area contributed by atoms with Crippen molar-refractivity contribution in [3.63, 3.8) is 0 Å². The molecule has 2 aromatic rings. The summed E-state index contributed by atoms with van der Waals surface area (Å²) in [5, 5.41) is 4.17. The first-order valence-corrected chi connectivity index (χ1v) is 9.05. The first-order valence-electron chi connectivity index (χ1n) is 8.68.